The summed E-state index contributed by atoms with van der Waals surface area (Å²) in [5.41, 5.74) is 0. The molecular formula is C7H14ClN. The first-order valence-electron chi connectivity index (χ1n) is 3.23. The topological polar surface area (TPSA) is 12.0 Å². The number of hydrogen-bond acceptors (Lipinski definition) is 1. The summed E-state index contributed by atoms with van der Waals surface area (Å²) in [6.07, 6.45) is 1.13. The lowest BCUT2D eigenvalue weighted by Crippen LogP contribution is -2.25. The molecule has 1 atom stereocenters. The Labute approximate surface area is 62.1 Å². The summed E-state index contributed by atoms with van der Waals surface area (Å²) in [4.78, 5) is 0. The Kier molecular flexibility index (Phi) is 4.83. The van der Waals surface area contributed by atoms with E-state index in [4.69, 9.17) is 11.6 Å². The van der Waals surface area contributed by atoms with Crippen LogP contribution in [0.15, 0.2) is 11.6 Å². The van der Waals surface area contributed by atoms with Gasteiger partial charge in [0.05, 0.1) is 0 Å². The van der Waals surface area contributed by atoms with Crippen LogP contribution < -0.4 is 5.32 Å². The second-order valence-electron chi connectivity index (χ2n) is 2.21. The molecule has 0 saturated carbocycles. The maximum atomic E-state index is 5.52. The third-order valence-corrected chi connectivity index (χ3v) is 1.39. The molecule has 0 aromatic heterocycles. The lowest BCUT2D eigenvalue weighted by atomic mass is 10.3. The largest absolute Gasteiger partial charge is 0.309 e. The number of nitrogens with one attached hydrogen (secondary N) is 1. The minimum Gasteiger partial charge on any atom is -0.309 e. The summed E-state index contributed by atoms with van der Waals surface area (Å²) in [5.74, 6) is 0. The minimum atomic E-state index is 0.542. The number of rotatable bonds is 4. The van der Waals surface area contributed by atoms with Crippen LogP contribution in [0.1, 0.15) is 20.3 Å². The SMILES string of the molecule is C=C(Cl)CNC(C)CC. The second kappa shape index (κ2) is 4.83. The molecule has 1 nitrogen and oxygen atoms in total. The third kappa shape index (κ3) is 5.87. The molecule has 0 amide bonds. The molecule has 0 heterocycles. The Balaban J connectivity index is 3.16. The zero-order valence-electron chi connectivity index (χ0n) is 6.08. The van der Waals surface area contributed by atoms with Crippen LogP contribution in [0.3, 0.4) is 0 Å². The fourth-order valence-corrected chi connectivity index (χ4v) is 0.506. The van der Waals surface area contributed by atoms with Gasteiger partial charge in [0.15, 0.2) is 0 Å². The van der Waals surface area contributed by atoms with Crippen LogP contribution in [0.2, 0.25) is 0 Å². The van der Waals surface area contributed by atoms with Crippen molar-refractivity contribution in [3.05, 3.63) is 11.6 Å². The molecule has 0 aliphatic heterocycles. The van der Waals surface area contributed by atoms with Gasteiger partial charge in [-0.25, -0.2) is 0 Å². The summed E-state index contributed by atoms with van der Waals surface area (Å²) >= 11 is 5.52. The molecular weight excluding hydrogens is 134 g/mol. The van der Waals surface area contributed by atoms with Crippen molar-refractivity contribution in [1.82, 2.24) is 5.32 Å². The van der Waals surface area contributed by atoms with Crippen LogP contribution >= 0.6 is 11.6 Å². The maximum absolute atomic E-state index is 5.52. The lowest BCUT2D eigenvalue weighted by Gasteiger charge is -2.08. The minimum absolute atomic E-state index is 0.542. The zero-order chi connectivity index (χ0) is 7.28. The number of halogens is 1. The second-order valence-corrected chi connectivity index (χ2v) is 2.74. The lowest BCUT2D eigenvalue weighted by molar-refractivity contribution is 0.565. The van der Waals surface area contributed by atoms with Gasteiger partial charge in [-0.1, -0.05) is 25.1 Å². The third-order valence-electron chi connectivity index (χ3n) is 1.25. The first-order chi connectivity index (χ1) is 4.16. The van der Waals surface area contributed by atoms with E-state index in [-0.39, 0.29) is 0 Å². The van der Waals surface area contributed by atoms with Crippen LogP contribution in [0.4, 0.5) is 0 Å². The summed E-state index contributed by atoms with van der Waals surface area (Å²) in [5, 5.41) is 3.88. The zero-order valence-corrected chi connectivity index (χ0v) is 6.83. The van der Waals surface area contributed by atoms with Gasteiger partial charge in [0.2, 0.25) is 0 Å². The Morgan fingerprint density at radius 3 is 2.67 bits per heavy atom. The average Bonchev–Trinajstić information content (AvgIpc) is 1.83. The smallest absolute Gasteiger partial charge is 0.0309 e. The first-order valence-corrected chi connectivity index (χ1v) is 3.61. The predicted molar refractivity (Wildman–Crippen MR) is 42.7 cm³/mol. The van der Waals surface area contributed by atoms with Gasteiger partial charge < -0.3 is 5.32 Å². The van der Waals surface area contributed by atoms with Gasteiger partial charge in [-0.05, 0) is 13.3 Å². The van der Waals surface area contributed by atoms with Gasteiger partial charge in [-0.2, -0.15) is 0 Å². The standard InChI is InChI=1S/C7H14ClN/c1-4-7(3)9-5-6(2)8/h7,9H,2,4-5H2,1,3H3. The Hall–Kier alpha value is -0.0100. The first kappa shape index (κ1) is 8.99. The van der Waals surface area contributed by atoms with E-state index < -0.39 is 0 Å². The molecule has 0 spiro atoms. The van der Waals surface area contributed by atoms with Gasteiger partial charge in [-0.3, -0.25) is 0 Å². The highest BCUT2D eigenvalue weighted by molar-refractivity contribution is 6.29. The number of hydrogen-bond donors (Lipinski definition) is 1. The van der Waals surface area contributed by atoms with Crippen molar-refractivity contribution in [3.63, 3.8) is 0 Å². The van der Waals surface area contributed by atoms with Crippen molar-refractivity contribution >= 4 is 11.6 Å². The van der Waals surface area contributed by atoms with Gasteiger partial charge in [0.1, 0.15) is 0 Å². The van der Waals surface area contributed by atoms with Crippen molar-refractivity contribution in [2.24, 2.45) is 0 Å². The van der Waals surface area contributed by atoms with E-state index in [2.05, 4.69) is 25.7 Å². The molecule has 1 N–H and O–H groups in total. The highest BCUT2D eigenvalue weighted by Crippen LogP contribution is 1.95. The van der Waals surface area contributed by atoms with Crippen molar-refractivity contribution in [1.29, 1.82) is 0 Å². The normalized spacial score (nSPS) is 13.2. The average molecular weight is 148 g/mol. The summed E-state index contributed by atoms with van der Waals surface area (Å²) in [6, 6.07) is 0.542. The predicted octanol–water partition coefficient (Wildman–Crippen LogP) is 2.13. The molecule has 0 saturated heterocycles. The Bertz CT molecular complexity index is 90.9. The quantitative estimate of drug-likeness (QED) is 0.643. The van der Waals surface area contributed by atoms with Crippen LogP contribution in [0.5, 0.6) is 0 Å². The van der Waals surface area contributed by atoms with E-state index in [1.54, 1.807) is 0 Å². The van der Waals surface area contributed by atoms with Gasteiger partial charge in [0, 0.05) is 17.6 Å². The van der Waals surface area contributed by atoms with Crippen molar-refractivity contribution in [2.45, 2.75) is 26.3 Å². The van der Waals surface area contributed by atoms with Gasteiger partial charge in [0.25, 0.3) is 0 Å². The highest BCUT2D eigenvalue weighted by atomic mass is 35.5. The molecule has 1 unspecified atom stereocenters. The Morgan fingerprint density at radius 2 is 2.33 bits per heavy atom. The van der Waals surface area contributed by atoms with E-state index in [9.17, 15) is 0 Å². The highest BCUT2D eigenvalue weighted by Gasteiger charge is 1.95. The molecule has 0 fully saturated rings. The molecule has 9 heavy (non-hydrogen) atoms. The summed E-state index contributed by atoms with van der Waals surface area (Å²) < 4.78 is 0. The molecule has 0 aromatic rings. The van der Waals surface area contributed by atoms with E-state index >= 15 is 0 Å². The fourth-order valence-electron chi connectivity index (χ4n) is 0.429. The molecule has 0 aliphatic rings. The van der Waals surface area contributed by atoms with Gasteiger partial charge in [-0.15, -0.1) is 0 Å². The molecule has 0 aromatic carbocycles. The van der Waals surface area contributed by atoms with E-state index in [0.717, 1.165) is 13.0 Å². The molecule has 0 bridgehead atoms. The Morgan fingerprint density at radius 1 is 1.78 bits per heavy atom. The van der Waals surface area contributed by atoms with Crippen molar-refractivity contribution in [2.75, 3.05) is 6.54 Å². The van der Waals surface area contributed by atoms with E-state index in [1.165, 1.54) is 0 Å². The van der Waals surface area contributed by atoms with Crippen LogP contribution in [0, 0.1) is 0 Å². The summed E-state index contributed by atoms with van der Waals surface area (Å²) in [7, 11) is 0. The van der Waals surface area contributed by atoms with Crippen LogP contribution in [-0.4, -0.2) is 12.6 Å². The molecule has 2 heteroatoms. The summed E-state index contributed by atoms with van der Waals surface area (Å²) in [6.45, 7) is 8.54. The van der Waals surface area contributed by atoms with Gasteiger partial charge >= 0.3 is 0 Å². The molecule has 0 aliphatic carbocycles. The molecule has 0 radical (unpaired) electrons. The van der Waals surface area contributed by atoms with Crippen molar-refractivity contribution < 1.29 is 0 Å². The molecule has 0 rings (SSSR count). The monoisotopic (exact) mass is 147 g/mol. The molecule has 54 valence electrons. The van der Waals surface area contributed by atoms with E-state index in [1.807, 2.05) is 0 Å². The van der Waals surface area contributed by atoms with Crippen LogP contribution in [-0.2, 0) is 0 Å². The fraction of sp³-hybridized carbons (Fsp3) is 0.714. The van der Waals surface area contributed by atoms with E-state index in [0.29, 0.717) is 11.1 Å². The maximum Gasteiger partial charge on any atom is 0.0309 e. The van der Waals surface area contributed by atoms with Crippen LogP contribution in [0.25, 0.3) is 0 Å². The van der Waals surface area contributed by atoms with Crippen molar-refractivity contribution in [3.8, 4) is 0 Å².